The summed E-state index contributed by atoms with van der Waals surface area (Å²) in [6, 6.07) is 15.7. The van der Waals surface area contributed by atoms with E-state index in [9.17, 15) is 0 Å². The number of hydrogen-bond donors (Lipinski definition) is 1. The van der Waals surface area contributed by atoms with Crippen molar-refractivity contribution in [1.82, 2.24) is 15.2 Å². The molecule has 2 N–H and O–H groups in total. The molecule has 4 heteroatoms. The van der Waals surface area contributed by atoms with Crippen molar-refractivity contribution < 1.29 is 0 Å². The van der Waals surface area contributed by atoms with E-state index in [1.54, 1.807) is 0 Å². The summed E-state index contributed by atoms with van der Waals surface area (Å²) in [5, 5.41) is 8.46. The highest BCUT2D eigenvalue weighted by Crippen LogP contribution is 2.19. The molecule has 0 saturated carbocycles. The third kappa shape index (κ3) is 2.59. The van der Waals surface area contributed by atoms with Crippen LogP contribution in [0.3, 0.4) is 0 Å². The van der Waals surface area contributed by atoms with Gasteiger partial charge in [-0.3, -0.25) is 0 Å². The number of rotatable bonds is 3. The minimum atomic E-state index is 0.218. The molecule has 1 heterocycles. The lowest BCUT2D eigenvalue weighted by Gasteiger charge is -2.10. The van der Waals surface area contributed by atoms with Gasteiger partial charge in [0.1, 0.15) is 5.52 Å². The van der Waals surface area contributed by atoms with E-state index >= 15 is 0 Å². The first-order valence-electron chi connectivity index (χ1n) is 6.66. The van der Waals surface area contributed by atoms with E-state index < -0.39 is 0 Å². The van der Waals surface area contributed by atoms with Crippen LogP contribution in [0.5, 0.6) is 0 Å². The van der Waals surface area contributed by atoms with Gasteiger partial charge in [0.25, 0.3) is 0 Å². The van der Waals surface area contributed by atoms with Gasteiger partial charge in [-0.25, -0.2) is 4.98 Å². The molecule has 20 heavy (non-hydrogen) atoms. The zero-order valence-electron chi connectivity index (χ0n) is 11.3. The summed E-state index contributed by atoms with van der Waals surface area (Å²) >= 11 is 0. The lowest BCUT2D eigenvalue weighted by atomic mass is 10.0. The first-order valence-corrected chi connectivity index (χ1v) is 6.66. The Labute approximate surface area is 117 Å². The summed E-state index contributed by atoms with van der Waals surface area (Å²) in [6.07, 6.45) is 0.875. The molecule has 0 amide bonds. The topological polar surface area (TPSA) is 64.7 Å². The molecule has 0 fully saturated rings. The Kier molecular flexibility index (Phi) is 3.29. The molecule has 4 nitrogen and oxygen atoms in total. The van der Waals surface area contributed by atoms with Gasteiger partial charge >= 0.3 is 0 Å². The number of hydrogen-bond acceptors (Lipinski definition) is 4. The first kappa shape index (κ1) is 12.5. The molecule has 0 radical (unpaired) electrons. The van der Waals surface area contributed by atoms with Crippen LogP contribution >= 0.6 is 0 Å². The number of benzene rings is 2. The third-order valence-corrected chi connectivity index (χ3v) is 3.34. The maximum atomic E-state index is 5.70. The van der Waals surface area contributed by atoms with E-state index in [4.69, 9.17) is 5.73 Å². The zero-order valence-corrected chi connectivity index (χ0v) is 11.3. The Morgan fingerprint density at radius 2 is 1.65 bits per heavy atom. The molecule has 0 aliphatic carbocycles. The molecular formula is C16H16N4. The third-order valence-electron chi connectivity index (χ3n) is 3.34. The highest BCUT2D eigenvalue weighted by Gasteiger charge is 2.11. The molecule has 1 unspecified atom stereocenters. The molecule has 3 aromatic rings. The van der Waals surface area contributed by atoms with Crippen molar-refractivity contribution in [3.8, 4) is 0 Å². The number of nitrogens with zero attached hydrogens (tertiary/aromatic N) is 3. The smallest absolute Gasteiger partial charge is 0.154 e. The Morgan fingerprint density at radius 3 is 2.40 bits per heavy atom. The van der Waals surface area contributed by atoms with Crippen LogP contribution < -0.4 is 5.73 Å². The second-order valence-corrected chi connectivity index (χ2v) is 5.01. The minimum absolute atomic E-state index is 0.218. The minimum Gasteiger partial charge on any atom is -0.399 e. The van der Waals surface area contributed by atoms with Gasteiger partial charge in [-0.15, -0.1) is 10.2 Å². The summed E-state index contributed by atoms with van der Waals surface area (Å²) < 4.78 is 0. The molecule has 0 aliphatic heterocycles. The van der Waals surface area contributed by atoms with Crippen LogP contribution in [0.1, 0.15) is 24.2 Å². The fourth-order valence-corrected chi connectivity index (χ4v) is 2.20. The van der Waals surface area contributed by atoms with Crippen molar-refractivity contribution in [3.63, 3.8) is 0 Å². The lowest BCUT2D eigenvalue weighted by Crippen LogP contribution is -2.06. The van der Waals surface area contributed by atoms with Gasteiger partial charge in [0.05, 0.1) is 5.52 Å². The molecule has 3 rings (SSSR count). The molecule has 0 aliphatic rings. The van der Waals surface area contributed by atoms with Crippen LogP contribution in [0.25, 0.3) is 11.0 Å². The van der Waals surface area contributed by atoms with Crippen molar-refractivity contribution in [2.75, 3.05) is 5.73 Å². The van der Waals surface area contributed by atoms with E-state index in [1.807, 2.05) is 48.5 Å². The highest BCUT2D eigenvalue weighted by molar-refractivity contribution is 5.72. The maximum absolute atomic E-state index is 5.70. The van der Waals surface area contributed by atoms with Gasteiger partial charge < -0.3 is 5.73 Å². The van der Waals surface area contributed by atoms with E-state index in [1.165, 1.54) is 5.56 Å². The van der Waals surface area contributed by atoms with Crippen LogP contribution in [-0.4, -0.2) is 15.2 Å². The fraction of sp³-hybridized carbons (Fsp3) is 0.188. The van der Waals surface area contributed by atoms with Crippen molar-refractivity contribution in [3.05, 3.63) is 59.9 Å². The molecule has 0 saturated heterocycles. The van der Waals surface area contributed by atoms with Crippen molar-refractivity contribution in [2.24, 2.45) is 0 Å². The van der Waals surface area contributed by atoms with Crippen LogP contribution in [0.15, 0.2) is 48.5 Å². The monoisotopic (exact) mass is 264 g/mol. The number of aromatic nitrogens is 3. The number of nitrogen functional groups attached to an aromatic ring is 1. The van der Waals surface area contributed by atoms with Crippen LogP contribution in [-0.2, 0) is 6.42 Å². The standard InChI is InChI=1S/C16H16N4/c1-11(10-12-6-8-13(17)9-7-12)16-18-14-4-2-3-5-15(14)19-20-16/h2-9,11H,10,17H2,1H3. The van der Waals surface area contributed by atoms with Gasteiger partial charge in [-0.2, -0.15) is 0 Å². The van der Waals surface area contributed by atoms with Gasteiger partial charge in [-0.05, 0) is 36.2 Å². The number of fused-ring (bicyclic) bond motifs is 1. The Bertz CT molecular complexity index is 722. The normalized spacial score (nSPS) is 12.4. The second kappa shape index (κ2) is 5.25. The summed E-state index contributed by atoms with van der Waals surface area (Å²) in [5.41, 5.74) is 9.42. The number of para-hydroxylation sites is 1. The average Bonchev–Trinajstić information content (AvgIpc) is 2.49. The molecule has 1 atom stereocenters. The van der Waals surface area contributed by atoms with E-state index in [0.29, 0.717) is 0 Å². The van der Waals surface area contributed by atoms with E-state index in [0.717, 1.165) is 29.0 Å². The molecule has 0 bridgehead atoms. The maximum Gasteiger partial charge on any atom is 0.154 e. The van der Waals surface area contributed by atoms with Crippen molar-refractivity contribution in [1.29, 1.82) is 0 Å². The van der Waals surface area contributed by atoms with Crippen LogP contribution in [0.2, 0.25) is 0 Å². The zero-order chi connectivity index (χ0) is 13.9. The molecule has 100 valence electrons. The summed E-state index contributed by atoms with van der Waals surface area (Å²) in [6.45, 7) is 2.11. The largest absolute Gasteiger partial charge is 0.399 e. The molecule has 0 spiro atoms. The quantitative estimate of drug-likeness (QED) is 0.739. The summed E-state index contributed by atoms with van der Waals surface area (Å²) in [4.78, 5) is 4.59. The lowest BCUT2D eigenvalue weighted by molar-refractivity contribution is 0.684. The van der Waals surface area contributed by atoms with E-state index in [-0.39, 0.29) is 5.92 Å². The van der Waals surface area contributed by atoms with E-state index in [2.05, 4.69) is 22.1 Å². The van der Waals surface area contributed by atoms with Crippen molar-refractivity contribution >= 4 is 16.7 Å². The van der Waals surface area contributed by atoms with Crippen molar-refractivity contribution in [2.45, 2.75) is 19.3 Å². The van der Waals surface area contributed by atoms with Gasteiger partial charge in [0.15, 0.2) is 5.82 Å². The Balaban J connectivity index is 1.84. The van der Waals surface area contributed by atoms with Gasteiger partial charge in [0.2, 0.25) is 0 Å². The fourth-order valence-electron chi connectivity index (χ4n) is 2.20. The summed E-state index contributed by atoms with van der Waals surface area (Å²) in [5.74, 6) is 0.997. The van der Waals surface area contributed by atoms with Gasteiger partial charge in [-0.1, -0.05) is 31.2 Å². The van der Waals surface area contributed by atoms with Crippen LogP contribution in [0, 0.1) is 0 Å². The molecule has 1 aromatic heterocycles. The first-order chi connectivity index (χ1) is 9.72. The Hall–Kier alpha value is -2.49. The number of anilines is 1. The Morgan fingerprint density at radius 1 is 0.950 bits per heavy atom. The average molecular weight is 264 g/mol. The highest BCUT2D eigenvalue weighted by atomic mass is 15.2. The second-order valence-electron chi connectivity index (χ2n) is 5.01. The molecule has 2 aromatic carbocycles. The number of nitrogens with two attached hydrogens (primary N) is 1. The predicted octanol–water partition coefficient (Wildman–Crippen LogP) is 2.95. The molecular weight excluding hydrogens is 248 g/mol. The van der Waals surface area contributed by atoms with Crippen LogP contribution in [0.4, 0.5) is 5.69 Å². The SMILES string of the molecule is CC(Cc1ccc(N)cc1)c1nnc2ccccc2n1. The van der Waals surface area contributed by atoms with Gasteiger partial charge in [0, 0.05) is 11.6 Å². The predicted molar refractivity (Wildman–Crippen MR) is 80.3 cm³/mol. The summed E-state index contributed by atoms with van der Waals surface area (Å²) in [7, 11) is 0.